The maximum absolute atomic E-state index is 13.0. The van der Waals surface area contributed by atoms with Crippen LogP contribution in [0.2, 0.25) is 0 Å². The molecule has 0 aliphatic heterocycles. The van der Waals surface area contributed by atoms with Crippen LogP contribution >= 0.6 is 0 Å². The van der Waals surface area contributed by atoms with Crippen LogP contribution in [0.5, 0.6) is 11.5 Å². The number of fused-ring (bicyclic) bond motifs is 7. The summed E-state index contributed by atoms with van der Waals surface area (Å²) in [6.07, 6.45) is 9.31. The molecule has 4 N–H and O–H groups in total. The lowest BCUT2D eigenvalue weighted by molar-refractivity contribution is -0.265. The topological polar surface area (TPSA) is 124 Å². The summed E-state index contributed by atoms with van der Waals surface area (Å²) in [5.74, 6) is -0.321. The second-order valence-electron chi connectivity index (χ2n) is 17.2. The molecule has 11 unspecified atom stereocenters. The molecule has 6 rings (SSSR count). The Morgan fingerprint density at radius 3 is 2.28 bits per heavy atom. The standard InChI is InChI=1S/C39H54O7/c1-22(2)24-14-17-39(34(44)45)19-18-37(6)25(32(24)39)10-12-30-36(5)21-28(42)33(35(3,4)29(36)15-16-38(30,37)7)46-31(43)13-9-23-8-11-26(40)27(41)20-23/h8-9,11,13,20,24-25,28-30,32-33,40-42H,1,10,12,14-19,21H2,2-7H3,(H,44,45). The molecular weight excluding hydrogens is 580 g/mol. The minimum Gasteiger partial charge on any atom is -0.504 e. The molecule has 5 aliphatic carbocycles. The van der Waals surface area contributed by atoms with Gasteiger partial charge < -0.3 is 25.2 Å². The van der Waals surface area contributed by atoms with E-state index in [0.717, 1.165) is 56.9 Å². The molecule has 46 heavy (non-hydrogen) atoms. The first-order valence-electron chi connectivity index (χ1n) is 17.4. The molecule has 0 spiro atoms. The van der Waals surface area contributed by atoms with Crippen molar-refractivity contribution >= 4 is 18.0 Å². The van der Waals surface area contributed by atoms with Crippen LogP contribution in [0.4, 0.5) is 0 Å². The van der Waals surface area contributed by atoms with Crippen LogP contribution in [0.1, 0.15) is 105 Å². The minimum absolute atomic E-state index is 0.00256. The second kappa shape index (κ2) is 10.9. The average molecular weight is 635 g/mol. The summed E-state index contributed by atoms with van der Waals surface area (Å²) in [5.41, 5.74) is 0.423. The zero-order chi connectivity index (χ0) is 33.6. The summed E-state index contributed by atoms with van der Waals surface area (Å²) < 4.78 is 6.02. The highest BCUT2D eigenvalue weighted by Gasteiger charge is 2.72. The molecule has 0 saturated heterocycles. The number of rotatable bonds is 5. The summed E-state index contributed by atoms with van der Waals surface area (Å²) in [6, 6.07) is 4.33. The van der Waals surface area contributed by atoms with Crippen LogP contribution in [0.15, 0.2) is 36.4 Å². The second-order valence-corrected chi connectivity index (χ2v) is 17.2. The lowest BCUT2D eigenvalue weighted by atomic mass is 9.32. The number of carbonyl (C=O) groups is 2. The lowest BCUT2D eigenvalue weighted by Crippen LogP contribution is -2.69. The number of phenols is 2. The molecule has 5 fully saturated rings. The zero-order valence-electron chi connectivity index (χ0n) is 28.5. The fraction of sp³-hybridized carbons (Fsp3) is 0.692. The van der Waals surface area contributed by atoms with Gasteiger partial charge in [-0.2, -0.15) is 0 Å². The summed E-state index contributed by atoms with van der Waals surface area (Å²) in [7, 11) is 0. The molecule has 5 aliphatic rings. The molecule has 0 radical (unpaired) electrons. The Morgan fingerprint density at radius 1 is 0.913 bits per heavy atom. The molecule has 1 aromatic carbocycles. The number of carbonyl (C=O) groups excluding carboxylic acids is 1. The van der Waals surface area contributed by atoms with E-state index in [1.54, 1.807) is 6.07 Å². The summed E-state index contributed by atoms with van der Waals surface area (Å²) in [5, 5.41) is 41.8. The van der Waals surface area contributed by atoms with Crippen molar-refractivity contribution in [2.24, 2.45) is 56.7 Å². The fourth-order valence-electron chi connectivity index (χ4n) is 12.8. The Labute approximate surface area is 274 Å². The highest BCUT2D eigenvalue weighted by Crippen LogP contribution is 2.77. The van der Waals surface area contributed by atoms with Crippen molar-refractivity contribution in [1.29, 1.82) is 0 Å². The van der Waals surface area contributed by atoms with Crippen LogP contribution in [-0.2, 0) is 14.3 Å². The fourth-order valence-corrected chi connectivity index (χ4v) is 12.8. The Morgan fingerprint density at radius 2 is 1.63 bits per heavy atom. The highest BCUT2D eigenvalue weighted by atomic mass is 16.6. The number of carboxylic acid groups (broad SMARTS) is 1. The third-order valence-corrected chi connectivity index (χ3v) is 15.0. The molecule has 252 valence electrons. The molecule has 5 saturated carbocycles. The van der Waals surface area contributed by atoms with Crippen LogP contribution in [0.3, 0.4) is 0 Å². The highest BCUT2D eigenvalue weighted by molar-refractivity contribution is 5.87. The predicted octanol–water partition coefficient (Wildman–Crippen LogP) is 7.74. The molecule has 7 nitrogen and oxygen atoms in total. The molecule has 0 bridgehead atoms. The quantitative estimate of drug-likeness (QED) is 0.113. The minimum atomic E-state index is -0.812. The first-order valence-corrected chi connectivity index (χ1v) is 17.4. The lowest BCUT2D eigenvalue weighted by Gasteiger charge is -2.73. The van der Waals surface area contributed by atoms with E-state index in [4.69, 9.17) is 4.74 Å². The number of aliphatic hydroxyl groups excluding tert-OH is 1. The number of carboxylic acids is 1. The van der Waals surface area contributed by atoms with E-state index in [-0.39, 0.29) is 45.5 Å². The van der Waals surface area contributed by atoms with Crippen LogP contribution in [-0.4, -0.2) is 44.6 Å². The van der Waals surface area contributed by atoms with Gasteiger partial charge in [0.05, 0.1) is 11.5 Å². The smallest absolute Gasteiger partial charge is 0.331 e. The van der Waals surface area contributed by atoms with E-state index in [1.807, 2.05) is 0 Å². The molecule has 0 heterocycles. The maximum Gasteiger partial charge on any atom is 0.331 e. The van der Waals surface area contributed by atoms with E-state index in [2.05, 4.69) is 48.1 Å². The van der Waals surface area contributed by atoms with E-state index in [0.29, 0.717) is 23.8 Å². The van der Waals surface area contributed by atoms with Gasteiger partial charge in [0.25, 0.3) is 0 Å². The summed E-state index contributed by atoms with van der Waals surface area (Å²) in [4.78, 5) is 26.0. The van der Waals surface area contributed by atoms with Crippen LogP contribution in [0, 0.1) is 56.7 Å². The molecule has 11 atom stereocenters. The number of benzene rings is 1. The SMILES string of the molecule is C=C(C)C1CCC2(C(=O)O)CCC3(C)C(CCC4C5(C)CC(O)C(OC(=O)C=Cc6ccc(O)c(O)c6)C(C)(C)C5CCC43C)C12. The zero-order valence-corrected chi connectivity index (χ0v) is 28.5. The largest absolute Gasteiger partial charge is 0.504 e. The van der Waals surface area contributed by atoms with Gasteiger partial charge in [-0.3, -0.25) is 4.79 Å². The average Bonchev–Trinajstić information content (AvgIpc) is 3.38. The third kappa shape index (κ3) is 4.53. The number of esters is 1. The number of hydrogen-bond acceptors (Lipinski definition) is 6. The van der Waals surface area contributed by atoms with Gasteiger partial charge in [0, 0.05) is 11.5 Å². The summed E-state index contributed by atoms with van der Waals surface area (Å²) in [6.45, 7) is 18.1. The van der Waals surface area contributed by atoms with Gasteiger partial charge in [-0.1, -0.05) is 52.8 Å². The molecule has 0 aromatic heterocycles. The van der Waals surface area contributed by atoms with E-state index in [9.17, 15) is 30.0 Å². The molecule has 7 heteroatoms. The Bertz CT molecular complexity index is 1460. The van der Waals surface area contributed by atoms with Crippen molar-refractivity contribution in [3.63, 3.8) is 0 Å². The number of phenolic OH excluding ortho intramolecular Hbond substituents is 2. The Kier molecular flexibility index (Phi) is 7.82. The van der Waals surface area contributed by atoms with Gasteiger partial charge in [-0.15, -0.1) is 0 Å². The Hall–Kier alpha value is -2.80. The van der Waals surface area contributed by atoms with E-state index >= 15 is 0 Å². The van der Waals surface area contributed by atoms with Crippen molar-refractivity contribution in [3.05, 3.63) is 42.0 Å². The first kappa shape index (κ1) is 33.1. The number of aliphatic carboxylic acids is 1. The Balaban J connectivity index is 1.26. The van der Waals surface area contributed by atoms with Crippen molar-refractivity contribution < 1.29 is 34.8 Å². The molecule has 0 amide bonds. The van der Waals surface area contributed by atoms with Gasteiger partial charge in [-0.25, -0.2) is 4.79 Å². The van der Waals surface area contributed by atoms with Gasteiger partial charge in [0.15, 0.2) is 11.5 Å². The first-order chi connectivity index (χ1) is 21.4. The van der Waals surface area contributed by atoms with E-state index in [1.165, 1.54) is 24.3 Å². The molecular formula is C39H54O7. The van der Waals surface area contributed by atoms with Crippen molar-refractivity contribution in [2.45, 2.75) is 112 Å². The summed E-state index contributed by atoms with van der Waals surface area (Å²) >= 11 is 0. The van der Waals surface area contributed by atoms with Gasteiger partial charge in [0.1, 0.15) is 6.10 Å². The normalized spacial score (nSPS) is 44.4. The number of ether oxygens (including phenoxy) is 1. The molecule has 1 aromatic rings. The van der Waals surface area contributed by atoms with Crippen molar-refractivity contribution in [2.75, 3.05) is 0 Å². The number of aliphatic hydroxyl groups is 1. The van der Waals surface area contributed by atoms with Crippen molar-refractivity contribution in [1.82, 2.24) is 0 Å². The van der Waals surface area contributed by atoms with E-state index < -0.39 is 35.0 Å². The number of hydrogen-bond donors (Lipinski definition) is 4. The van der Waals surface area contributed by atoms with Gasteiger partial charge in [0.2, 0.25) is 0 Å². The number of allylic oxidation sites excluding steroid dienone is 1. The number of aromatic hydroxyl groups is 2. The maximum atomic E-state index is 13.0. The van der Waals surface area contributed by atoms with Gasteiger partial charge in [-0.05, 0) is 134 Å². The monoisotopic (exact) mass is 634 g/mol. The third-order valence-electron chi connectivity index (χ3n) is 15.0. The van der Waals surface area contributed by atoms with Crippen LogP contribution < -0.4 is 0 Å². The van der Waals surface area contributed by atoms with Crippen LogP contribution in [0.25, 0.3) is 6.08 Å². The predicted molar refractivity (Wildman–Crippen MR) is 177 cm³/mol. The van der Waals surface area contributed by atoms with Gasteiger partial charge >= 0.3 is 11.9 Å². The van der Waals surface area contributed by atoms with Crippen molar-refractivity contribution in [3.8, 4) is 11.5 Å².